The SMILES string of the molecule is CCC(N)C(O)CC(C)c1ccc(C)cc1. The average Bonchev–Trinajstić information content (AvgIpc) is 2.28. The van der Waals surface area contributed by atoms with Crippen molar-refractivity contribution < 1.29 is 5.11 Å². The van der Waals surface area contributed by atoms with Crippen molar-refractivity contribution in [3.8, 4) is 0 Å². The van der Waals surface area contributed by atoms with Crippen LogP contribution in [-0.2, 0) is 0 Å². The van der Waals surface area contributed by atoms with Crippen LogP contribution in [-0.4, -0.2) is 17.3 Å². The van der Waals surface area contributed by atoms with E-state index in [9.17, 15) is 5.11 Å². The first-order chi connectivity index (χ1) is 7.54. The number of hydrogen-bond donors (Lipinski definition) is 2. The zero-order chi connectivity index (χ0) is 12.1. The van der Waals surface area contributed by atoms with Crippen LogP contribution >= 0.6 is 0 Å². The molecular weight excluding hydrogens is 198 g/mol. The van der Waals surface area contributed by atoms with E-state index < -0.39 is 6.10 Å². The Hall–Kier alpha value is -0.860. The molecule has 0 heterocycles. The lowest BCUT2D eigenvalue weighted by Gasteiger charge is -2.21. The van der Waals surface area contributed by atoms with E-state index in [1.165, 1.54) is 11.1 Å². The Labute approximate surface area is 98.5 Å². The molecule has 1 aromatic rings. The lowest BCUT2D eigenvalue weighted by Crippen LogP contribution is -2.34. The highest BCUT2D eigenvalue weighted by molar-refractivity contribution is 5.24. The van der Waals surface area contributed by atoms with Crippen molar-refractivity contribution in [2.45, 2.75) is 51.7 Å². The standard InChI is InChI=1S/C14H23NO/c1-4-13(15)14(16)9-11(3)12-7-5-10(2)6-8-12/h5-8,11,13-14,16H,4,9,15H2,1-3H3. The van der Waals surface area contributed by atoms with Crippen LogP contribution in [0.3, 0.4) is 0 Å². The molecule has 16 heavy (non-hydrogen) atoms. The smallest absolute Gasteiger partial charge is 0.0696 e. The lowest BCUT2D eigenvalue weighted by molar-refractivity contribution is 0.126. The number of hydrogen-bond acceptors (Lipinski definition) is 2. The van der Waals surface area contributed by atoms with E-state index in [0.29, 0.717) is 5.92 Å². The monoisotopic (exact) mass is 221 g/mol. The van der Waals surface area contributed by atoms with Gasteiger partial charge in [0.25, 0.3) is 0 Å². The van der Waals surface area contributed by atoms with Crippen molar-refractivity contribution in [3.63, 3.8) is 0 Å². The maximum Gasteiger partial charge on any atom is 0.0696 e. The third-order valence-corrected chi connectivity index (χ3v) is 3.21. The molecule has 0 aliphatic carbocycles. The Morgan fingerprint density at radius 2 is 1.81 bits per heavy atom. The van der Waals surface area contributed by atoms with Gasteiger partial charge in [-0.25, -0.2) is 0 Å². The summed E-state index contributed by atoms with van der Waals surface area (Å²) >= 11 is 0. The van der Waals surface area contributed by atoms with Crippen molar-refractivity contribution in [1.29, 1.82) is 0 Å². The molecule has 1 aromatic carbocycles. The fourth-order valence-electron chi connectivity index (χ4n) is 1.84. The van der Waals surface area contributed by atoms with Gasteiger partial charge in [-0.1, -0.05) is 43.7 Å². The Bertz CT molecular complexity index is 307. The van der Waals surface area contributed by atoms with Gasteiger partial charge in [0.1, 0.15) is 0 Å². The first kappa shape index (κ1) is 13.2. The fraction of sp³-hybridized carbons (Fsp3) is 0.571. The van der Waals surface area contributed by atoms with Gasteiger partial charge in [-0.05, 0) is 31.2 Å². The highest BCUT2D eigenvalue weighted by atomic mass is 16.3. The van der Waals surface area contributed by atoms with Crippen molar-refractivity contribution >= 4 is 0 Å². The number of aliphatic hydroxyl groups excluding tert-OH is 1. The van der Waals surface area contributed by atoms with Crippen molar-refractivity contribution in [2.24, 2.45) is 5.73 Å². The largest absolute Gasteiger partial charge is 0.391 e. The molecule has 0 saturated carbocycles. The fourth-order valence-corrected chi connectivity index (χ4v) is 1.84. The molecule has 3 atom stereocenters. The molecule has 2 nitrogen and oxygen atoms in total. The summed E-state index contributed by atoms with van der Waals surface area (Å²) in [5.41, 5.74) is 8.35. The summed E-state index contributed by atoms with van der Waals surface area (Å²) in [4.78, 5) is 0. The van der Waals surface area contributed by atoms with Crippen molar-refractivity contribution in [3.05, 3.63) is 35.4 Å². The Morgan fingerprint density at radius 1 is 1.25 bits per heavy atom. The van der Waals surface area contributed by atoms with Gasteiger partial charge in [-0.3, -0.25) is 0 Å². The molecule has 0 radical (unpaired) electrons. The molecule has 2 heteroatoms. The van der Waals surface area contributed by atoms with Gasteiger partial charge < -0.3 is 10.8 Å². The van der Waals surface area contributed by atoms with Crippen molar-refractivity contribution in [2.75, 3.05) is 0 Å². The van der Waals surface area contributed by atoms with Crippen LogP contribution in [0.4, 0.5) is 0 Å². The molecule has 0 saturated heterocycles. The van der Waals surface area contributed by atoms with Crippen LogP contribution < -0.4 is 5.73 Å². The topological polar surface area (TPSA) is 46.2 Å². The van der Waals surface area contributed by atoms with Gasteiger partial charge in [0, 0.05) is 6.04 Å². The number of benzene rings is 1. The summed E-state index contributed by atoms with van der Waals surface area (Å²) in [5, 5.41) is 9.88. The second-order valence-corrected chi connectivity index (χ2v) is 4.69. The molecule has 3 N–H and O–H groups in total. The van der Waals surface area contributed by atoms with Crippen LogP contribution in [0.5, 0.6) is 0 Å². The van der Waals surface area contributed by atoms with E-state index in [1.807, 2.05) is 6.92 Å². The van der Waals surface area contributed by atoms with Gasteiger partial charge in [0.15, 0.2) is 0 Å². The van der Waals surface area contributed by atoms with Gasteiger partial charge in [-0.15, -0.1) is 0 Å². The van der Waals surface area contributed by atoms with Crippen LogP contribution in [0.15, 0.2) is 24.3 Å². The minimum Gasteiger partial charge on any atom is -0.391 e. The molecule has 0 fully saturated rings. The molecule has 90 valence electrons. The molecule has 0 aliphatic rings. The number of aryl methyl sites for hydroxylation is 1. The summed E-state index contributed by atoms with van der Waals surface area (Å²) in [6, 6.07) is 8.37. The maximum atomic E-state index is 9.88. The molecular formula is C14H23NO. The second-order valence-electron chi connectivity index (χ2n) is 4.69. The van der Waals surface area contributed by atoms with E-state index in [0.717, 1.165) is 12.8 Å². The summed E-state index contributed by atoms with van der Waals surface area (Å²) in [5.74, 6) is 0.355. The van der Waals surface area contributed by atoms with E-state index in [1.54, 1.807) is 0 Å². The van der Waals surface area contributed by atoms with Crippen LogP contribution in [0.2, 0.25) is 0 Å². The summed E-state index contributed by atoms with van der Waals surface area (Å²) < 4.78 is 0. The Morgan fingerprint density at radius 3 is 2.31 bits per heavy atom. The zero-order valence-corrected chi connectivity index (χ0v) is 10.5. The predicted octanol–water partition coefficient (Wildman–Crippen LogP) is 2.59. The highest BCUT2D eigenvalue weighted by Crippen LogP contribution is 2.22. The Balaban J connectivity index is 2.58. The first-order valence-electron chi connectivity index (χ1n) is 6.04. The number of rotatable bonds is 5. The van der Waals surface area contributed by atoms with E-state index in [4.69, 9.17) is 5.73 Å². The third kappa shape index (κ3) is 3.62. The summed E-state index contributed by atoms with van der Waals surface area (Å²) in [6.45, 7) is 6.22. The van der Waals surface area contributed by atoms with E-state index in [2.05, 4.69) is 38.1 Å². The van der Waals surface area contributed by atoms with Crippen LogP contribution in [0.25, 0.3) is 0 Å². The molecule has 0 spiro atoms. The summed E-state index contributed by atoms with van der Waals surface area (Å²) in [7, 11) is 0. The highest BCUT2D eigenvalue weighted by Gasteiger charge is 2.17. The number of aliphatic hydroxyl groups is 1. The Kier molecular flexibility index (Phi) is 4.97. The molecule has 3 unspecified atom stereocenters. The lowest BCUT2D eigenvalue weighted by atomic mass is 9.91. The third-order valence-electron chi connectivity index (χ3n) is 3.21. The normalized spacial score (nSPS) is 16.8. The van der Waals surface area contributed by atoms with Crippen LogP contribution in [0, 0.1) is 6.92 Å². The van der Waals surface area contributed by atoms with Crippen LogP contribution in [0.1, 0.15) is 43.7 Å². The maximum absolute atomic E-state index is 9.88. The second kappa shape index (κ2) is 6.02. The van der Waals surface area contributed by atoms with Crippen molar-refractivity contribution in [1.82, 2.24) is 0 Å². The zero-order valence-electron chi connectivity index (χ0n) is 10.5. The van der Waals surface area contributed by atoms with E-state index >= 15 is 0 Å². The minimum atomic E-state index is -0.402. The minimum absolute atomic E-state index is 0.104. The van der Waals surface area contributed by atoms with Gasteiger partial charge in [0.05, 0.1) is 6.10 Å². The molecule has 0 bridgehead atoms. The molecule has 1 rings (SSSR count). The van der Waals surface area contributed by atoms with Gasteiger partial charge in [-0.2, -0.15) is 0 Å². The van der Waals surface area contributed by atoms with Gasteiger partial charge >= 0.3 is 0 Å². The van der Waals surface area contributed by atoms with Gasteiger partial charge in [0.2, 0.25) is 0 Å². The quantitative estimate of drug-likeness (QED) is 0.802. The molecule has 0 aromatic heterocycles. The van der Waals surface area contributed by atoms with E-state index in [-0.39, 0.29) is 6.04 Å². The number of nitrogens with two attached hydrogens (primary N) is 1. The summed E-state index contributed by atoms with van der Waals surface area (Å²) in [6.07, 6.45) is 1.15. The molecule has 0 aliphatic heterocycles. The predicted molar refractivity (Wildman–Crippen MR) is 68.5 cm³/mol. The first-order valence-corrected chi connectivity index (χ1v) is 6.04. The average molecular weight is 221 g/mol. The molecule has 0 amide bonds.